The van der Waals surface area contributed by atoms with E-state index in [-0.39, 0.29) is 41.4 Å². The number of carbonyl (C=O) groups excluding carboxylic acids is 2. The van der Waals surface area contributed by atoms with E-state index in [0.29, 0.717) is 11.1 Å². The normalized spacial score (nSPS) is 12.2. The van der Waals surface area contributed by atoms with Crippen LogP contribution in [0, 0.1) is 13.8 Å². The lowest BCUT2D eigenvalue weighted by Gasteiger charge is -2.11. The molecule has 0 bridgehead atoms. The molecule has 0 radical (unpaired) electrons. The molecule has 3 rings (SSSR count). The predicted molar refractivity (Wildman–Crippen MR) is 128 cm³/mol. The van der Waals surface area contributed by atoms with Crippen LogP contribution in [0.3, 0.4) is 0 Å². The molecule has 2 amide bonds. The number of amides is 2. The van der Waals surface area contributed by atoms with E-state index in [1.807, 2.05) is 19.9 Å². The fourth-order valence-corrected chi connectivity index (χ4v) is 3.85. The number of fused-ring (bicyclic) bond motifs is 1. The van der Waals surface area contributed by atoms with Crippen molar-refractivity contribution in [1.29, 1.82) is 0 Å². The number of alkyl halides is 3. The molecule has 0 aliphatic carbocycles. The van der Waals surface area contributed by atoms with E-state index in [2.05, 4.69) is 10.5 Å². The minimum absolute atomic E-state index is 0.00485. The fourth-order valence-electron chi connectivity index (χ4n) is 3.85. The molecule has 2 N–H and O–H groups in total. The van der Waals surface area contributed by atoms with Crippen molar-refractivity contribution in [3.8, 4) is 11.6 Å². The first-order chi connectivity index (χ1) is 16.3. The molecule has 0 aliphatic heterocycles. The minimum atomic E-state index is -4.57. The molecule has 2 aromatic carbocycles. The summed E-state index contributed by atoms with van der Waals surface area (Å²) in [5, 5.41) is 15.5. The SMILES string of the molecule is CC(=NNC(=O)CCC(=O)N(C)C)c1c(O)n(-c2cc(C)cc(C)c2)c2cc(C(F)(F)F)ccc12. The second kappa shape index (κ2) is 9.81. The van der Waals surface area contributed by atoms with Gasteiger partial charge in [-0.3, -0.25) is 14.2 Å². The zero-order valence-corrected chi connectivity index (χ0v) is 20.1. The molecular formula is C25H27F3N4O3. The van der Waals surface area contributed by atoms with Crippen LogP contribution in [0.15, 0.2) is 41.5 Å². The van der Waals surface area contributed by atoms with Crippen LogP contribution in [-0.4, -0.2) is 46.2 Å². The van der Waals surface area contributed by atoms with Gasteiger partial charge >= 0.3 is 6.18 Å². The van der Waals surface area contributed by atoms with E-state index in [9.17, 15) is 27.9 Å². The number of nitrogens with one attached hydrogen (secondary N) is 1. The number of hydrazone groups is 1. The maximum atomic E-state index is 13.5. The summed E-state index contributed by atoms with van der Waals surface area (Å²) in [4.78, 5) is 25.2. The van der Waals surface area contributed by atoms with Gasteiger partial charge in [-0.15, -0.1) is 0 Å². The number of aromatic hydroxyl groups is 1. The van der Waals surface area contributed by atoms with Gasteiger partial charge < -0.3 is 10.0 Å². The molecule has 0 aliphatic rings. The third-order valence-corrected chi connectivity index (χ3v) is 5.51. The molecule has 0 fully saturated rings. The number of hydrogen-bond donors (Lipinski definition) is 2. The third kappa shape index (κ3) is 5.64. The molecule has 35 heavy (non-hydrogen) atoms. The minimum Gasteiger partial charge on any atom is -0.494 e. The molecule has 0 saturated carbocycles. The Hall–Kier alpha value is -3.82. The van der Waals surface area contributed by atoms with Gasteiger partial charge in [-0.25, -0.2) is 5.43 Å². The first-order valence-corrected chi connectivity index (χ1v) is 10.9. The molecular weight excluding hydrogens is 461 g/mol. The summed E-state index contributed by atoms with van der Waals surface area (Å²) < 4.78 is 41.7. The highest BCUT2D eigenvalue weighted by molar-refractivity contribution is 6.13. The van der Waals surface area contributed by atoms with Crippen LogP contribution in [-0.2, 0) is 15.8 Å². The Bertz CT molecular complexity index is 1300. The summed E-state index contributed by atoms with van der Waals surface area (Å²) in [6.45, 7) is 5.23. The Morgan fingerprint density at radius 1 is 1.06 bits per heavy atom. The largest absolute Gasteiger partial charge is 0.494 e. The van der Waals surface area contributed by atoms with Gasteiger partial charge in [0.25, 0.3) is 0 Å². The average molecular weight is 489 g/mol. The van der Waals surface area contributed by atoms with E-state index in [0.717, 1.165) is 23.3 Å². The standard InChI is InChI=1S/C25H27F3N4O3/c1-14-10-15(2)12-18(11-14)32-20-13-17(25(26,27)28)6-7-19(20)23(24(32)35)16(3)29-30-21(33)8-9-22(34)31(4)5/h6-7,10-13,35H,8-9H2,1-5H3,(H,30,33). The van der Waals surface area contributed by atoms with Crippen molar-refractivity contribution in [2.24, 2.45) is 5.10 Å². The number of halogens is 3. The lowest BCUT2D eigenvalue weighted by molar-refractivity contribution is -0.137. The molecule has 10 heteroatoms. The third-order valence-electron chi connectivity index (χ3n) is 5.51. The van der Waals surface area contributed by atoms with Gasteiger partial charge in [0.15, 0.2) is 0 Å². The van der Waals surface area contributed by atoms with Crippen molar-refractivity contribution in [3.05, 3.63) is 58.7 Å². The van der Waals surface area contributed by atoms with Crippen LogP contribution in [0.5, 0.6) is 5.88 Å². The van der Waals surface area contributed by atoms with Crippen LogP contribution >= 0.6 is 0 Å². The molecule has 3 aromatic rings. The smallest absolute Gasteiger partial charge is 0.416 e. The van der Waals surface area contributed by atoms with Crippen LogP contribution in [0.25, 0.3) is 16.6 Å². The molecule has 0 unspecified atom stereocenters. The predicted octanol–water partition coefficient (Wildman–Crippen LogP) is 4.68. The summed E-state index contributed by atoms with van der Waals surface area (Å²) in [5.74, 6) is -1.02. The monoisotopic (exact) mass is 488 g/mol. The summed E-state index contributed by atoms with van der Waals surface area (Å²) >= 11 is 0. The Morgan fingerprint density at radius 3 is 2.26 bits per heavy atom. The summed E-state index contributed by atoms with van der Waals surface area (Å²) in [5.41, 5.74) is 4.28. The number of benzene rings is 2. The first-order valence-electron chi connectivity index (χ1n) is 10.9. The van der Waals surface area contributed by atoms with Gasteiger partial charge in [0.1, 0.15) is 0 Å². The quantitative estimate of drug-likeness (QED) is 0.390. The second-order valence-electron chi connectivity index (χ2n) is 8.63. The number of rotatable bonds is 6. The van der Waals surface area contributed by atoms with Crippen LogP contribution in [0.2, 0.25) is 0 Å². The fraction of sp³-hybridized carbons (Fsp3) is 0.320. The number of aryl methyl sites for hydroxylation is 2. The molecule has 1 heterocycles. The average Bonchev–Trinajstić information content (AvgIpc) is 3.05. The summed E-state index contributed by atoms with van der Waals surface area (Å²) in [6.07, 6.45) is -4.65. The maximum absolute atomic E-state index is 13.5. The van der Waals surface area contributed by atoms with Crippen molar-refractivity contribution in [1.82, 2.24) is 14.9 Å². The molecule has 1 aromatic heterocycles. The van der Waals surface area contributed by atoms with Crippen molar-refractivity contribution in [3.63, 3.8) is 0 Å². The van der Waals surface area contributed by atoms with Gasteiger partial charge in [-0.1, -0.05) is 12.1 Å². The number of nitrogens with zero attached hydrogens (tertiary/aromatic N) is 3. The molecule has 0 atom stereocenters. The van der Waals surface area contributed by atoms with Gasteiger partial charge in [-0.05, 0) is 56.2 Å². The topological polar surface area (TPSA) is 86.9 Å². The molecule has 7 nitrogen and oxygen atoms in total. The molecule has 186 valence electrons. The summed E-state index contributed by atoms with van der Waals surface area (Å²) in [7, 11) is 3.17. The zero-order valence-electron chi connectivity index (χ0n) is 20.1. The Labute approximate surface area is 200 Å². The number of hydrogen-bond acceptors (Lipinski definition) is 4. The highest BCUT2D eigenvalue weighted by Gasteiger charge is 2.32. The highest BCUT2D eigenvalue weighted by Crippen LogP contribution is 2.39. The van der Waals surface area contributed by atoms with E-state index in [1.165, 1.54) is 22.5 Å². The maximum Gasteiger partial charge on any atom is 0.416 e. The van der Waals surface area contributed by atoms with Gasteiger partial charge in [-0.2, -0.15) is 18.3 Å². The zero-order chi connectivity index (χ0) is 26.1. The molecule has 0 spiro atoms. The number of carbonyl (C=O) groups is 2. The van der Waals surface area contributed by atoms with Gasteiger partial charge in [0.05, 0.1) is 22.4 Å². The molecule has 0 saturated heterocycles. The Balaban J connectivity index is 2.09. The lowest BCUT2D eigenvalue weighted by atomic mass is 10.1. The van der Waals surface area contributed by atoms with Crippen molar-refractivity contribution in [2.75, 3.05) is 14.1 Å². The number of aromatic nitrogens is 1. The second-order valence-corrected chi connectivity index (χ2v) is 8.63. The van der Waals surface area contributed by atoms with Crippen LogP contribution in [0.1, 0.15) is 42.0 Å². The van der Waals surface area contributed by atoms with Crippen LogP contribution < -0.4 is 5.43 Å². The van der Waals surface area contributed by atoms with Crippen LogP contribution in [0.4, 0.5) is 13.2 Å². The van der Waals surface area contributed by atoms with Gasteiger partial charge in [0.2, 0.25) is 17.7 Å². The lowest BCUT2D eigenvalue weighted by Crippen LogP contribution is -2.25. The Morgan fingerprint density at radius 2 is 1.69 bits per heavy atom. The highest BCUT2D eigenvalue weighted by atomic mass is 19.4. The summed E-state index contributed by atoms with van der Waals surface area (Å²) in [6, 6.07) is 8.63. The van der Waals surface area contributed by atoms with Crippen molar-refractivity contribution >= 4 is 28.4 Å². The Kier molecular flexibility index (Phi) is 7.23. The first kappa shape index (κ1) is 25.8. The van der Waals surface area contributed by atoms with E-state index in [4.69, 9.17) is 0 Å². The van der Waals surface area contributed by atoms with Crippen molar-refractivity contribution in [2.45, 2.75) is 39.8 Å². The van der Waals surface area contributed by atoms with E-state index >= 15 is 0 Å². The van der Waals surface area contributed by atoms with Gasteiger partial charge in [0, 0.05) is 38.0 Å². The van der Waals surface area contributed by atoms with E-state index in [1.54, 1.807) is 26.2 Å². The van der Waals surface area contributed by atoms with E-state index < -0.39 is 17.6 Å². The van der Waals surface area contributed by atoms with Crippen molar-refractivity contribution < 1.29 is 27.9 Å².